The summed E-state index contributed by atoms with van der Waals surface area (Å²) in [6, 6.07) is 1.52. The van der Waals surface area contributed by atoms with Crippen LogP contribution in [0.5, 0.6) is 0 Å². The first kappa shape index (κ1) is 13.8. The number of aromatic nitrogens is 1. The molecule has 7 heteroatoms. The molecule has 1 N–H and O–H groups in total. The van der Waals surface area contributed by atoms with Crippen LogP contribution in [0.15, 0.2) is 6.07 Å². The number of rotatable bonds is 5. The molecule has 0 saturated heterocycles. The first-order valence-electron chi connectivity index (χ1n) is 4.39. The maximum Gasteiger partial charge on any atom is 0.173 e. The monoisotopic (exact) mass is 284 g/mol. The molecule has 16 heavy (non-hydrogen) atoms. The van der Waals surface area contributed by atoms with Crippen molar-refractivity contribution in [1.29, 1.82) is 0 Å². The van der Waals surface area contributed by atoms with E-state index in [1.54, 1.807) is 14.2 Å². The zero-order chi connectivity index (χ0) is 12.1. The molecule has 0 aliphatic heterocycles. The number of halogens is 3. The summed E-state index contributed by atoms with van der Waals surface area (Å²) < 4.78 is 10.0. The molecule has 0 atom stereocenters. The molecule has 1 aromatic heterocycles. The van der Waals surface area contributed by atoms with E-state index < -0.39 is 0 Å². The molecule has 0 aromatic carbocycles. The summed E-state index contributed by atoms with van der Waals surface area (Å²) in [5, 5.41) is 3.84. The predicted molar refractivity (Wildman–Crippen MR) is 65.6 cm³/mol. The first-order chi connectivity index (χ1) is 7.58. The number of anilines is 1. The molecule has 90 valence electrons. The van der Waals surface area contributed by atoms with E-state index in [2.05, 4.69) is 10.3 Å². The molecular weight excluding hydrogens is 274 g/mol. The number of nitrogens with zero attached hydrogens (tertiary/aromatic N) is 1. The third kappa shape index (κ3) is 3.64. The van der Waals surface area contributed by atoms with Crippen molar-refractivity contribution in [3.8, 4) is 0 Å². The van der Waals surface area contributed by atoms with Gasteiger partial charge in [0.25, 0.3) is 0 Å². The molecule has 4 nitrogen and oxygen atoms in total. The summed E-state index contributed by atoms with van der Waals surface area (Å²) >= 11 is 17.4. The van der Waals surface area contributed by atoms with E-state index in [4.69, 9.17) is 44.3 Å². The molecule has 0 radical (unpaired) electrons. The first-order valence-corrected chi connectivity index (χ1v) is 5.53. The van der Waals surface area contributed by atoms with Crippen LogP contribution in [0.1, 0.15) is 0 Å². The molecule has 0 amide bonds. The van der Waals surface area contributed by atoms with Gasteiger partial charge in [-0.2, -0.15) is 0 Å². The average Bonchev–Trinajstić information content (AvgIpc) is 2.26. The van der Waals surface area contributed by atoms with E-state index in [0.717, 1.165) is 0 Å². The molecule has 1 rings (SSSR count). The molecule has 1 heterocycles. The summed E-state index contributed by atoms with van der Waals surface area (Å²) in [4.78, 5) is 3.99. The van der Waals surface area contributed by atoms with Crippen molar-refractivity contribution in [2.24, 2.45) is 0 Å². The minimum atomic E-state index is -0.382. The molecule has 0 fully saturated rings. The van der Waals surface area contributed by atoms with E-state index in [-0.39, 0.29) is 11.4 Å². The Labute approximate surface area is 109 Å². The average molecular weight is 286 g/mol. The second-order valence-corrected chi connectivity index (χ2v) is 4.05. The van der Waals surface area contributed by atoms with Crippen LogP contribution in [0.25, 0.3) is 0 Å². The van der Waals surface area contributed by atoms with Crippen molar-refractivity contribution in [1.82, 2.24) is 4.98 Å². The Hall–Kier alpha value is -0.260. The minimum absolute atomic E-state index is 0.194. The lowest BCUT2D eigenvalue weighted by Crippen LogP contribution is -2.24. The lowest BCUT2D eigenvalue weighted by molar-refractivity contribution is -0.0914. The second kappa shape index (κ2) is 6.47. The van der Waals surface area contributed by atoms with Crippen molar-refractivity contribution in [3.05, 3.63) is 21.3 Å². The molecular formula is C9H11Cl3N2O2. The molecule has 0 spiro atoms. The zero-order valence-corrected chi connectivity index (χ0v) is 11.0. The fourth-order valence-electron chi connectivity index (χ4n) is 1.01. The number of ether oxygens (including phenoxy) is 2. The normalized spacial score (nSPS) is 10.9. The van der Waals surface area contributed by atoms with Gasteiger partial charge in [0.2, 0.25) is 0 Å². The lowest BCUT2D eigenvalue weighted by Gasteiger charge is -2.15. The fraction of sp³-hybridized carbons (Fsp3) is 0.444. The van der Waals surface area contributed by atoms with Gasteiger partial charge in [-0.3, -0.25) is 0 Å². The van der Waals surface area contributed by atoms with Crippen LogP contribution in [0, 0.1) is 0 Å². The van der Waals surface area contributed by atoms with E-state index in [0.29, 0.717) is 22.4 Å². The highest BCUT2D eigenvalue weighted by atomic mass is 35.5. The Balaban J connectivity index is 2.70. The molecule has 0 aliphatic rings. The summed E-state index contributed by atoms with van der Waals surface area (Å²) in [6.07, 6.45) is -0.382. The van der Waals surface area contributed by atoms with Crippen LogP contribution in [0.2, 0.25) is 15.2 Å². The Morgan fingerprint density at radius 1 is 1.25 bits per heavy atom. The molecule has 0 aliphatic carbocycles. The molecule has 0 bridgehead atoms. The van der Waals surface area contributed by atoms with Gasteiger partial charge in [0.1, 0.15) is 11.0 Å². The summed E-state index contributed by atoms with van der Waals surface area (Å²) in [5.41, 5.74) is 0. The number of pyridine rings is 1. The maximum atomic E-state index is 5.92. The van der Waals surface area contributed by atoms with Crippen molar-refractivity contribution in [2.45, 2.75) is 6.29 Å². The standard InChI is InChI=1S/C9H11Cl3N2O2/c1-15-7(16-2)4-13-9-6(11)3-5(10)8(12)14-9/h3,7H,4H2,1-2H3,(H,13,14). The largest absolute Gasteiger partial charge is 0.364 e. The SMILES string of the molecule is COC(CNc1nc(Cl)c(Cl)cc1Cl)OC. The van der Waals surface area contributed by atoms with Gasteiger partial charge in [-0.1, -0.05) is 34.8 Å². The molecule has 1 aromatic rings. The maximum absolute atomic E-state index is 5.92. The highest BCUT2D eigenvalue weighted by Crippen LogP contribution is 2.28. The summed E-state index contributed by atoms with van der Waals surface area (Å²) in [7, 11) is 3.08. The Morgan fingerprint density at radius 3 is 2.44 bits per heavy atom. The van der Waals surface area contributed by atoms with Crippen LogP contribution in [0.3, 0.4) is 0 Å². The van der Waals surface area contributed by atoms with Crippen molar-refractivity contribution < 1.29 is 9.47 Å². The van der Waals surface area contributed by atoms with Gasteiger partial charge in [-0.25, -0.2) is 4.98 Å². The topological polar surface area (TPSA) is 43.4 Å². The second-order valence-electron chi connectivity index (χ2n) is 2.87. The van der Waals surface area contributed by atoms with Gasteiger partial charge < -0.3 is 14.8 Å². The number of hydrogen-bond donors (Lipinski definition) is 1. The van der Waals surface area contributed by atoms with Gasteiger partial charge in [-0.15, -0.1) is 0 Å². The summed E-state index contributed by atoms with van der Waals surface area (Å²) in [5.74, 6) is 0.440. The fourth-order valence-corrected chi connectivity index (χ4v) is 1.58. The quantitative estimate of drug-likeness (QED) is 0.667. The Morgan fingerprint density at radius 2 is 1.88 bits per heavy atom. The highest BCUT2D eigenvalue weighted by molar-refractivity contribution is 6.42. The van der Waals surface area contributed by atoms with Gasteiger partial charge in [-0.05, 0) is 6.07 Å². The van der Waals surface area contributed by atoms with Crippen LogP contribution >= 0.6 is 34.8 Å². The van der Waals surface area contributed by atoms with Gasteiger partial charge in [0.05, 0.1) is 16.6 Å². The van der Waals surface area contributed by atoms with Crippen LogP contribution in [-0.4, -0.2) is 32.0 Å². The van der Waals surface area contributed by atoms with Crippen molar-refractivity contribution >= 4 is 40.6 Å². The van der Waals surface area contributed by atoms with Crippen molar-refractivity contribution in [3.63, 3.8) is 0 Å². The van der Waals surface area contributed by atoms with Crippen molar-refractivity contribution in [2.75, 3.05) is 26.1 Å². The van der Waals surface area contributed by atoms with Gasteiger partial charge >= 0.3 is 0 Å². The van der Waals surface area contributed by atoms with Gasteiger partial charge in [0, 0.05) is 14.2 Å². The third-order valence-electron chi connectivity index (χ3n) is 1.85. The van der Waals surface area contributed by atoms with E-state index in [9.17, 15) is 0 Å². The van der Waals surface area contributed by atoms with E-state index in [1.807, 2.05) is 0 Å². The predicted octanol–water partition coefficient (Wildman–Crippen LogP) is 3.07. The van der Waals surface area contributed by atoms with Crippen LogP contribution < -0.4 is 5.32 Å². The van der Waals surface area contributed by atoms with Crippen LogP contribution in [-0.2, 0) is 9.47 Å². The van der Waals surface area contributed by atoms with E-state index >= 15 is 0 Å². The van der Waals surface area contributed by atoms with Gasteiger partial charge in [0.15, 0.2) is 6.29 Å². The smallest absolute Gasteiger partial charge is 0.173 e. The highest BCUT2D eigenvalue weighted by Gasteiger charge is 2.10. The van der Waals surface area contributed by atoms with E-state index in [1.165, 1.54) is 6.07 Å². The number of hydrogen-bond acceptors (Lipinski definition) is 4. The Kier molecular flexibility index (Phi) is 5.58. The van der Waals surface area contributed by atoms with Crippen LogP contribution in [0.4, 0.5) is 5.82 Å². The third-order valence-corrected chi connectivity index (χ3v) is 2.81. The zero-order valence-electron chi connectivity index (χ0n) is 8.76. The minimum Gasteiger partial charge on any atom is -0.364 e. The Bertz CT molecular complexity index is 359. The molecule has 0 unspecified atom stereocenters. The summed E-state index contributed by atoms with van der Waals surface area (Å²) in [6.45, 7) is 0.400. The lowest BCUT2D eigenvalue weighted by atomic mass is 10.4. The number of methoxy groups -OCH3 is 2. The number of nitrogens with one attached hydrogen (secondary N) is 1. The molecule has 0 saturated carbocycles.